The summed E-state index contributed by atoms with van der Waals surface area (Å²) in [4.78, 5) is 20.7. The summed E-state index contributed by atoms with van der Waals surface area (Å²) in [5.74, 6) is -0.913. The van der Waals surface area contributed by atoms with Gasteiger partial charge in [-0.1, -0.05) is 0 Å². The van der Waals surface area contributed by atoms with Crippen molar-refractivity contribution in [1.29, 1.82) is 0 Å². The molecular weight excluding hydrogens is 136 g/mol. The summed E-state index contributed by atoms with van der Waals surface area (Å²) in [5.41, 5.74) is 13.9. The van der Waals surface area contributed by atoms with Gasteiger partial charge in [0, 0.05) is 0 Å². The van der Waals surface area contributed by atoms with Crippen LogP contribution in [-0.2, 0) is 9.59 Å². The van der Waals surface area contributed by atoms with Crippen molar-refractivity contribution in [2.75, 3.05) is 13.1 Å². The van der Waals surface area contributed by atoms with Crippen molar-refractivity contribution in [3.8, 4) is 0 Å². The van der Waals surface area contributed by atoms with Gasteiger partial charge in [0.05, 0.1) is 13.1 Å². The van der Waals surface area contributed by atoms with E-state index in [2.05, 4.69) is 0 Å². The number of carbonyl (C=O) groups is 2. The van der Waals surface area contributed by atoms with Gasteiger partial charge in [-0.25, -0.2) is 0 Å². The third kappa shape index (κ3) is 3.81. The Bertz CT molecular complexity index is 119. The summed E-state index contributed by atoms with van der Waals surface area (Å²) in [6, 6.07) is 0. The molecule has 0 saturated heterocycles. The van der Waals surface area contributed by atoms with Crippen LogP contribution >= 0.6 is 0 Å². The lowest BCUT2D eigenvalue weighted by molar-refractivity contribution is -0.127. The van der Waals surface area contributed by atoms with Gasteiger partial charge in [0.25, 0.3) is 11.8 Å². The normalized spacial score (nSPS) is 8.60. The predicted octanol–water partition coefficient (Wildman–Crippen LogP) is -2.95. The molecule has 0 atom stereocenters. The number of hydrogen-bond donors (Lipinski definition) is 4. The van der Waals surface area contributed by atoms with E-state index in [-0.39, 0.29) is 13.1 Å². The first-order valence-electron chi connectivity index (χ1n) is 2.68. The van der Waals surface area contributed by atoms with Crippen molar-refractivity contribution >= 4 is 11.8 Å². The maximum Gasteiger partial charge on any atom is 0.252 e. The summed E-state index contributed by atoms with van der Waals surface area (Å²) < 4.78 is 0. The minimum absolute atomic E-state index is 0.162. The molecule has 0 aromatic rings. The number of carbonyl (C=O) groups excluding carboxylic acids is 2. The Kier molecular flexibility index (Phi) is 4.17. The number of rotatable bonds is 2. The van der Waals surface area contributed by atoms with Gasteiger partial charge in [0.1, 0.15) is 0 Å². The van der Waals surface area contributed by atoms with E-state index < -0.39 is 11.8 Å². The zero-order chi connectivity index (χ0) is 7.98. The van der Waals surface area contributed by atoms with Crippen molar-refractivity contribution in [3.63, 3.8) is 0 Å². The van der Waals surface area contributed by atoms with Crippen LogP contribution < -0.4 is 22.3 Å². The summed E-state index contributed by atoms with van der Waals surface area (Å²) in [5, 5.41) is 0. The average molecular weight is 146 g/mol. The lowest BCUT2D eigenvalue weighted by Gasteiger charge is -2.02. The molecule has 0 radical (unpaired) electrons. The van der Waals surface area contributed by atoms with Gasteiger partial charge < -0.3 is 11.5 Å². The van der Waals surface area contributed by atoms with E-state index in [1.807, 2.05) is 10.9 Å². The first kappa shape index (κ1) is 8.86. The molecule has 0 aromatic heterocycles. The Morgan fingerprint density at radius 1 is 1.00 bits per heavy atom. The van der Waals surface area contributed by atoms with Crippen LogP contribution in [0.15, 0.2) is 0 Å². The van der Waals surface area contributed by atoms with E-state index in [9.17, 15) is 9.59 Å². The lowest BCUT2D eigenvalue weighted by Crippen LogP contribution is -2.46. The van der Waals surface area contributed by atoms with Gasteiger partial charge in [-0.2, -0.15) is 0 Å². The third-order valence-electron chi connectivity index (χ3n) is 0.712. The van der Waals surface area contributed by atoms with Crippen LogP contribution in [0.2, 0.25) is 0 Å². The van der Waals surface area contributed by atoms with Crippen LogP contribution in [0.3, 0.4) is 0 Å². The smallest absolute Gasteiger partial charge is 0.252 e. The van der Waals surface area contributed by atoms with Gasteiger partial charge in [-0.05, 0) is 0 Å². The molecule has 0 bridgehead atoms. The Hall–Kier alpha value is -1.14. The molecule has 0 aliphatic carbocycles. The van der Waals surface area contributed by atoms with Gasteiger partial charge in [0.15, 0.2) is 0 Å². The van der Waals surface area contributed by atoms with Crippen LogP contribution in [0, 0.1) is 0 Å². The monoisotopic (exact) mass is 146 g/mol. The standard InChI is InChI=1S/C4H10N4O2/c5-1-3(9)7-8-4(10)2-6/h1-2,5-6H2,(H,7,9)(H,8,10). The number of amides is 2. The van der Waals surface area contributed by atoms with Gasteiger partial charge in [-0.15, -0.1) is 0 Å². The molecule has 0 aliphatic heterocycles. The molecule has 0 fully saturated rings. The van der Waals surface area contributed by atoms with Gasteiger partial charge >= 0.3 is 0 Å². The van der Waals surface area contributed by atoms with Crippen LogP contribution in [0.25, 0.3) is 0 Å². The Morgan fingerprint density at radius 2 is 1.30 bits per heavy atom. The molecule has 58 valence electrons. The SMILES string of the molecule is NCC(=O)NNC(=O)CN. The third-order valence-corrected chi connectivity index (χ3v) is 0.712. The first-order chi connectivity index (χ1) is 4.70. The second kappa shape index (κ2) is 4.71. The summed E-state index contributed by atoms with van der Waals surface area (Å²) in [6.45, 7) is -0.324. The topological polar surface area (TPSA) is 110 Å². The second-order valence-corrected chi connectivity index (χ2v) is 1.50. The first-order valence-corrected chi connectivity index (χ1v) is 2.68. The van der Waals surface area contributed by atoms with E-state index >= 15 is 0 Å². The summed E-state index contributed by atoms with van der Waals surface area (Å²) in [7, 11) is 0. The lowest BCUT2D eigenvalue weighted by atomic mass is 10.6. The van der Waals surface area contributed by atoms with E-state index in [1.54, 1.807) is 0 Å². The van der Waals surface area contributed by atoms with Crippen LogP contribution in [0.5, 0.6) is 0 Å². The largest absolute Gasteiger partial charge is 0.322 e. The van der Waals surface area contributed by atoms with Gasteiger partial charge in [0.2, 0.25) is 0 Å². The molecule has 0 saturated carbocycles. The van der Waals surface area contributed by atoms with Crippen LogP contribution in [0.4, 0.5) is 0 Å². The summed E-state index contributed by atoms with van der Waals surface area (Å²) in [6.07, 6.45) is 0. The highest BCUT2D eigenvalue weighted by atomic mass is 16.2. The molecule has 0 unspecified atom stereocenters. The van der Waals surface area contributed by atoms with Crippen molar-refractivity contribution < 1.29 is 9.59 Å². The number of hydrogen-bond acceptors (Lipinski definition) is 4. The molecule has 0 rings (SSSR count). The van der Waals surface area contributed by atoms with Crippen molar-refractivity contribution in [3.05, 3.63) is 0 Å². The number of nitrogens with two attached hydrogens (primary N) is 2. The molecule has 0 spiro atoms. The molecule has 6 heteroatoms. The molecule has 2 amide bonds. The van der Waals surface area contributed by atoms with E-state index in [0.717, 1.165) is 0 Å². The predicted molar refractivity (Wildman–Crippen MR) is 34.4 cm³/mol. The van der Waals surface area contributed by atoms with E-state index in [4.69, 9.17) is 11.5 Å². The fraction of sp³-hybridized carbons (Fsp3) is 0.500. The van der Waals surface area contributed by atoms with Crippen molar-refractivity contribution in [1.82, 2.24) is 10.9 Å². The number of nitrogens with one attached hydrogen (secondary N) is 2. The average Bonchev–Trinajstić information content (AvgIpc) is 1.99. The highest BCUT2D eigenvalue weighted by molar-refractivity contribution is 5.83. The molecule has 10 heavy (non-hydrogen) atoms. The molecule has 6 nitrogen and oxygen atoms in total. The van der Waals surface area contributed by atoms with E-state index in [1.165, 1.54) is 0 Å². The molecule has 6 N–H and O–H groups in total. The quantitative estimate of drug-likeness (QED) is 0.312. The van der Waals surface area contributed by atoms with Crippen LogP contribution in [0.1, 0.15) is 0 Å². The van der Waals surface area contributed by atoms with Crippen molar-refractivity contribution in [2.45, 2.75) is 0 Å². The Balaban J connectivity index is 3.35. The van der Waals surface area contributed by atoms with E-state index in [0.29, 0.717) is 0 Å². The second-order valence-electron chi connectivity index (χ2n) is 1.50. The minimum Gasteiger partial charge on any atom is -0.322 e. The Morgan fingerprint density at radius 3 is 1.50 bits per heavy atom. The maximum absolute atomic E-state index is 10.3. The fourth-order valence-corrected chi connectivity index (χ4v) is 0.241. The zero-order valence-corrected chi connectivity index (χ0v) is 5.39. The zero-order valence-electron chi connectivity index (χ0n) is 5.39. The highest BCUT2D eigenvalue weighted by Gasteiger charge is 1.97. The molecule has 0 aliphatic rings. The Labute approximate surface area is 57.9 Å². The minimum atomic E-state index is -0.457. The highest BCUT2D eigenvalue weighted by Crippen LogP contribution is 1.55. The molecule has 0 aromatic carbocycles. The molecular formula is C4H10N4O2. The van der Waals surface area contributed by atoms with Crippen molar-refractivity contribution in [2.24, 2.45) is 11.5 Å². The number of hydrazine groups is 1. The fourth-order valence-electron chi connectivity index (χ4n) is 0.241. The molecule has 0 heterocycles. The maximum atomic E-state index is 10.3. The van der Waals surface area contributed by atoms with Gasteiger partial charge in [-0.3, -0.25) is 20.4 Å². The summed E-state index contributed by atoms with van der Waals surface area (Å²) >= 11 is 0. The van der Waals surface area contributed by atoms with Crippen LogP contribution in [-0.4, -0.2) is 24.9 Å².